The van der Waals surface area contributed by atoms with Crippen LogP contribution < -0.4 is 10.6 Å². The van der Waals surface area contributed by atoms with E-state index in [0.29, 0.717) is 5.92 Å². The van der Waals surface area contributed by atoms with Crippen LogP contribution in [0.15, 0.2) is 151 Å². The minimum atomic E-state index is 0.156. The van der Waals surface area contributed by atoms with Gasteiger partial charge in [-0.05, 0) is 85.0 Å². The average Bonchev–Trinajstić information content (AvgIpc) is 3.58. The largest absolute Gasteiger partial charge is 0.398 e. The van der Waals surface area contributed by atoms with Gasteiger partial charge in [-0.1, -0.05) is 85.0 Å². The van der Waals surface area contributed by atoms with Crippen LogP contribution in [0, 0.1) is 5.92 Å². The summed E-state index contributed by atoms with van der Waals surface area (Å²) in [6.07, 6.45) is 23.9. The predicted molar refractivity (Wildman–Crippen MR) is 200 cm³/mol. The molecular formula is C43H33N3S. The van der Waals surface area contributed by atoms with E-state index in [9.17, 15) is 0 Å². The fraction of sp³-hybridized carbons (Fsp3) is 0.116. The van der Waals surface area contributed by atoms with Crippen molar-refractivity contribution in [2.75, 3.05) is 10.6 Å². The number of para-hydroxylation sites is 2. The Bertz CT molecular complexity index is 2460. The van der Waals surface area contributed by atoms with Gasteiger partial charge in [0.2, 0.25) is 0 Å². The second-order valence-electron chi connectivity index (χ2n) is 12.9. The molecule has 3 heterocycles. The van der Waals surface area contributed by atoms with Crippen molar-refractivity contribution in [1.82, 2.24) is 4.57 Å². The standard InChI is InChI=1S/C43H33N3S/c44-35-20-11-23-38(46-29-15-5-4-12-27(26-29)30-16-6-8-21-36(30)46)40(35)34-19-10-18-31-32-24-25-39-41(43(32)47-42(31)34)33-17-7-9-22-37(33)45(39)28-13-2-1-3-14-28/h1-5,7-15,17-18,20-27,34H,6,16,19,44H2. The van der Waals surface area contributed by atoms with Gasteiger partial charge in [-0.25, -0.2) is 0 Å². The fourth-order valence-electron chi connectivity index (χ4n) is 8.38. The van der Waals surface area contributed by atoms with Gasteiger partial charge in [-0.15, -0.1) is 11.3 Å². The number of anilines is 2. The van der Waals surface area contributed by atoms with E-state index in [4.69, 9.17) is 5.73 Å². The minimum Gasteiger partial charge on any atom is -0.398 e. The van der Waals surface area contributed by atoms with Gasteiger partial charge < -0.3 is 15.2 Å². The van der Waals surface area contributed by atoms with Crippen molar-refractivity contribution in [3.8, 4) is 5.69 Å². The first kappa shape index (κ1) is 26.9. The number of allylic oxidation sites excluding steroid dienone is 9. The summed E-state index contributed by atoms with van der Waals surface area (Å²) in [7, 11) is 0. The van der Waals surface area contributed by atoms with Crippen LogP contribution in [0.5, 0.6) is 0 Å². The van der Waals surface area contributed by atoms with Crippen LogP contribution in [-0.4, -0.2) is 4.57 Å². The fourth-order valence-corrected chi connectivity index (χ4v) is 9.85. The molecule has 4 aromatic carbocycles. The first-order chi connectivity index (χ1) is 23.3. The molecule has 10 rings (SSSR count). The van der Waals surface area contributed by atoms with Crippen molar-refractivity contribution in [3.63, 3.8) is 0 Å². The molecule has 0 radical (unpaired) electrons. The van der Waals surface area contributed by atoms with Crippen LogP contribution in [0.2, 0.25) is 0 Å². The summed E-state index contributed by atoms with van der Waals surface area (Å²) in [6, 6.07) is 30.7. The van der Waals surface area contributed by atoms with Crippen molar-refractivity contribution in [2.24, 2.45) is 5.92 Å². The second kappa shape index (κ2) is 10.3. The van der Waals surface area contributed by atoms with Crippen molar-refractivity contribution < 1.29 is 0 Å². The topological polar surface area (TPSA) is 34.2 Å². The summed E-state index contributed by atoms with van der Waals surface area (Å²) in [5, 5.41) is 3.95. The van der Waals surface area contributed by atoms with Gasteiger partial charge in [0.1, 0.15) is 0 Å². The van der Waals surface area contributed by atoms with Crippen LogP contribution in [0.25, 0.3) is 43.7 Å². The molecule has 3 aliphatic carbocycles. The van der Waals surface area contributed by atoms with Crippen LogP contribution in [0.1, 0.15) is 41.2 Å². The molecule has 2 aromatic heterocycles. The smallest absolute Gasteiger partial charge is 0.0555 e. The molecule has 47 heavy (non-hydrogen) atoms. The number of rotatable bonds is 3. The summed E-state index contributed by atoms with van der Waals surface area (Å²) in [5.74, 6) is 0.497. The average molecular weight is 624 g/mol. The molecular weight excluding hydrogens is 591 g/mol. The zero-order chi connectivity index (χ0) is 31.1. The van der Waals surface area contributed by atoms with Crippen molar-refractivity contribution in [1.29, 1.82) is 0 Å². The number of hydrogen-bond acceptors (Lipinski definition) is 3. The van der Waals surface area contributed by atoms with Gasteiger partial charge >= 0.3 is 0 Å². The Morgan fingerprint density at radius 2 is 1.66 bits per heavy atom. The molecule has 1 aliphatic heterocycles. The molecule has 0 saturated heterocycles. The van der Waals surface area contributed by atoms with Crippen LogP contribution in [0.3, 0.4) is 0 Å². The van der Waals surface area contributed by atoms with Crippen molar-refractivity contribution in [3.05, 3.63) is 167 Å². The van der Waals surface area contributed by atoms with Gasteiger partial charge in [0.25, 0.3) is 0 Å². The zero-order valence-electron chi connectivity index (χ0n) is 25.9. The maximum atomic E-state index is 7.04. The normalized spacial score (nSPS) is 19.8. The number of thiophene rings is 1. The van der Waals surface area contributed by atoms with Crippen molar-refractivity contribution >= 4 is 60.7 Å². The molecule has 2 atom stereocenters. The third kappa shape index (κ3) is 3.92. The van der Waals surface area contributed by atoms with Gasteiger partial charge in [-0.3, -0.25) is 0 Å². The molecule has 2 N–H and O–H groups in total. The van der Waals surface area contributed by atoms with Gasteiger partial charge in [0.05, 0.1) is 16.7 Å². The van der Waals surface area contributed by atoms with E-state index in [-0.39, 0.29) is 5.92 Å². The SMILES string of the molecule is Nc1cccc(N2C3=CC(C=CC=C3)C3=C2C=CCC3)c1C1CC=Cc2c1sc1c2ccc2c1c1ccccc1n2-c1ccccc1. The molecule has 3 nitrogen and oxygen atoms in total. The summed E-state index contributed by atoms with van der Waals surface area (Å²) < 4.78 is 3.77. The molecule has 0 saturated carbocycles. The maximum absolute atomic E-state index is 7.04. The highest BCUT2D eigenvalue weighted by molar-refractivity contribution is 7.20. The zero-order valence-corrected chi connectivity index (χ0v) is 26.8. The maximum Gasteiger partial charge on any atom is 0.0555 e. The molecule has 2 bridgehead atoms. The third-order valence-electron chi connectivity index (χ3n) is 10.4. The predicted octanol–water partition coefficient (Wildman–Crippen LogP) is 11.2. The molecule has 2 unspecified atom stereocenters. The molecule has 0 fully saturated rings. The molecule has 4 aliphatic rings. The lowest BCUT2D eigenvalue weighted by molar-refractivity contribution is 0.774. The van der Waals surface area contributed by atoms with E-state index < -0.39 is 0 Å². The number of nitrogens with two attached hydrogens (primary N) is 1. The third-order valence-corrected chi connectivity index (χ3v) is 11.7. The van der Waals surface area contributed by atoms with Gasteiger partial charge in [0.15, 0.2) is 0 Å². The number of benzene rings is 4. The van der Waals surface area contributed by atoms with Crippen LogP contribution in [-0.2, 0) is 0 Å². The first-order valence-corrected chi connectivity index (χ1v) is 17.4. The highest BCUT2D eigenvalue weighted by Gasteiger charge is 2.34. The highest BCUT2D eigenvalue weighted by atomic mass is 32.1. The quantitative estimate of drug-likeness (QED) is 0.199. The molecule has 226 valence electrons. The van der Waals surface area contributed by atoms with E-state index in [1.165, 1.54) is 76.2 Å². The lowest BCUT2D eigenvalue weighted by Gasteiger charge is -2.38. The van der Waals surface area contributed by atoms with E-state index in [2.05, 4.69) is 149 Å². The summed E-state index contributed by atoms with van der Waals surface area (Å²) >= 11 is 1.96. The monoisotopic (exact) mass is 623 g/mol. The Labute approximate surface area is 278 Å². The molecule has 0 amide bonds. The van der Waals surface area contributed by atoms with Crippen LogP contribution >= 0.6 is 11.3 Å². The number of nitrogens with zero attached hydrogens (tertiary/aromatic N) is 2. The minimum absolute atomic E-state index is 0.156. The van der Waals surface area contributed by atoms with E-state index >= 15 is 0 Å². The highest BCUT2D eigenvalue weighted by Crippen LogP contribution is 2.52. The Morgan fingerprint density at radius 3 is 2.60 bits per heavy atom. The van der Waals surface area contributed by atoms with Gasteiger partial charge in [-0.2, -0.15) is 0 Å². The van der Waals surface area contributed by atoms with E-state index in [1.807, 2.05) is 11.3 Å². The summed E-state index contributed by atoms with van der Waals surface area (Å²) in [6.45, 7) is 0. The Hall–Kier alpha value is -5.32. The Kier molecular flexibility index (Phi) is 5.91. The summed E-state index contributed by atoms with van der Waals surface area (Å²) in [4.78, 5) is 3.88. The Balaban J connectivity index is 1.20. The molecule has 0 spiro atoms. The first-order valence-electron chi connectivity index (χ1n) is 16.6. The lowest BCUT2D eigenvalue weighted by atomic mass is 9.83. The van der Waals surface area contributed by atoms with E-state index in [0.717, 1.165) is 24.9 Å². The second-order valence-corrected chi connectivity index (χ2v) is 14.0. The number of aromatic nitrogens is 1. The van der Waals surface area contributed by atoms with E-state index in [1.54, 1.807) is 0 Å². The number of nitrogen functional groups attached to an aromatic ring is 1. The molecule has 6 aromatic rings. The van der Waals surface area contributed by atoms with Crippen molar-refractivity contribution in [2.45, 2.75) is 25.2 Å². The lowest BCUT2D eigenvalue weighted by Crippen LogP contribution is -2.29. The molecule has 4 heteroatoms. The number of hydrogen-bond donors (Lipinski definition) is 1. The summed E-state index contributed by atoms with van der Waals surface area (Å²) in [5.41, 5.74) is 19.3. The van der Waals surface area contributed by atoms with Gasteiger partial charge in [0, 0.05) is 65.9 Å². The Morgan fingerprint density at radius 1 is 0.766 bits per heavy atom. The number of fused-ring (bicyclic) bond motifs is 9. The van der Waals surface area contributed by atoms with Crippen LogP contribution in [0.4, 0.5) is 11.4 Å².